The van der Waals surface area contributed by atoms with Gasteiger partial charge in [-0.15, -0.1) is 0 Å². The Kier molecular flexibility index (Phi) is 3.32. The van der Waals surface area contributed by atoms with Crippen molar-refractivity contribution in [3.63, 3.8) is 0 Å². The van der Waals surface area contributed by atoms with Gasteiger partial charge in [0.15, 0.2) is 0 Å². The van der Waals surface area contributed by atoms with E-state index >= 15 is 0 Å². The van der Waals surface area contributed by atoms with E-state index in [0.717, 1.165) is 0 Å². The minimum absolute atomic E-state index is 0.0989. The van der Waals surface area contributed by atoms with Gasteiger partial charge in [0.1, 0.15) is 5.75 Å². The number of phenolic OH excluding ortho intramolecular Hbond substituents is 1. The lowest BCUT2D eigenvalue weighted by molar-refractivity contribution is 0.475. The fraction of sp³-hybridized carbons (Fsp3) is 0.250. The first-order valence-electron chi connectivity index (χ1n) is 3.95. The van der Waals surface area contributed by atoms with Crippen LogP contribution in [0.1, 0.15) is 0 Å². The Bertz CT molecular complexity index is 402. The summed E-state index contributed by atoms with van der Waals surface area (Å²) in [6.07, 6.45) is 0. The number of aromatic hydroxyl groups is 1. The van der Waals surface area contributed by atoms with Crippen molar-refractivity contribution in [3.05, 3.63) is 24.3 Å². The summed E-state index contributed by atoms with van der Waals surface area (Å²) in [5.41, 5.74) is 0.605. The molecule has 5 nitrogen and oxygen atoms in total. The molecule has 0 bridgehead atoms. The lowest BCUT2D eigenvalue weighted by Gasteiger charge is -2.04. The van der Waals surface area contributed by atoms with E-state index in [9.17, 15) is 8.42 Å². The first-order chi connectivity index (χ1) is 6.47. The van der Waals surface area contributed by atoms with Crippen molar-refractivity contribution in [2.45, 2.75) is 0 Å². The molecule has 0 aliphatic heterocycles. The third-order valence-electron chi connectivity index (χ3n) is 1.54. The van der Waals surface area contributed by atoms with Crippen LogP contribution in [-0.4, -0.2) is 30.4 Å². The van der Waals surface area contributed by atoms with E-state index in [1.807, 2.05) is 0 Å². The first kappa shape index (κ1) is 10.8. The van der Waals surface area contributed by atoms with Crippen molar-refractivity contribution in [3.8, 4) is 5.75 Å². The van der Waals surface area contributed by atoms with Gasteiger partial charge >= 0.3 is 0 Å². The number of benzene rings is 1. The molecule has 0 fully saturated rings. The van der Waals surface area contributed by atoms with Crippen molar-refractivity contribution in [1.82, 2.24) is 0 Å². The highest BCUT2D eigenvalue weighted by atomic mass is 32.2. The largest absolute Gasteiger partial charge is 0.508 e. The molecule has 1 rings (SSSR count). The molecule has 1 aromatic carbocycles. The van der Waals surface area contributed by atoms with Crippen LogP contribution in [0.5, 0.6) is 5.75 Å². The monoisotopic (exact) mass is 217 g/mol. The van der Waals surface area contributed by atoms with Gasteiger partial charge in [0.05, 0.1) is 5.75 Å². The van der Waals surface area contributed by atoms with Crippen LogP contribution in [0.25, 0.3) is 0 Å². The Labute approximate surface area is 82.1 Å². The maximum atomic E-state index is 10.4. The summed E-state index contributed by atoms with van der Waals surface area (Å²) in [6.45, 7) is 0.0995. The fourth-order valence-electron chi connectivity index (χ4n) is 0.940. The van der Waals surface area contributed by atoms with Crippen molar-refractivity contribution in [2.75, 3.05) is 17.6 Å². The zero-order valence-corrected chi connectivity index (χ0v) is 8.16. The number of hydrogen-bond donors (Lipinski definition) is 3. The van der Waals surface area contributed by atoms with Gasteiger partial charge in [-0.25, -0.2) is 0 Å². The molecule has 3 N–H and O–H groups in total. The molecule has 0 unspecified atom stereocenters. The SMILES string of the molecule is O=S(=O)(O)CCNc1cccc(O)c1. The van der Waals surface area contributed by atoms with E-state index in [1.54, 1.807) is 12.1 Å². The average Bonchev–Trinajstić information content (AvgIpc) is 2.01. The molecule has 0 amide bonds. The molecular weight excluding hydrogens is 206 g/mol. The fourth-order valence-corrected chi connectivity index (χ4v) is 1.30. The Hall–Kier alpha value is -1.27. The van der Waals surface area contributed by atoms with Crippen LogP contribution in [-0.2, 0) is 10.1 Å². The van der Waals surface area contributed by atoms with Gasteiger partial charge in [0, 0.05) is 18.3 Å². The van der Waals surface area contributed by atoms with Crippen molar-refractivity contribution < 1.29 is 18.1 Å². The summed E-state index contributed by atoms with van der Waals surface area (Å²) in [7, 11) is -3.93. The molecule has 1 aromatic rings. The lowest BCUT2D eigenvalue weighted by Crippen LogP contribution is -2.14. The molecule has 0 aromatic heterocycles. The van der Waals surface area contributed by atoms with Gasteiger partial charge < -0.3 is 10.4 Å². The summed E-state index contributed by atoms with van der Waals surface area (Å²) >= 11 is 0. The van der Waals surface area contributed by atoms with E-state index in [0.29, 0.717) is 5.69 Å². The minimum Gasteiger partial charge on any atom is -0.508 e. The van der Waals surface area contributed by atoms with Gasteiger partial charge in [0.25, 0.3) is 10.1 Å². The van der Waals surface area contributed by atoms with Crippen LogP contribution in [0.3, 0.4) is 0 Å². The highest BCUT2D eigenvalue weighted by molar-refractivity contribution is 7.85. The molecular formula is C8H11NO4S. The van der Waals surface area contributed by atoms with Gasteiger partial charge in [-0.1, -0.05) is 6.07 Å². The quantitative estimate of drug-likeness (QED) is 0.646. The lowest BCUT2D eigenvalue weighted by atomic mass is 10.3. The van der Waals surface area contributed by atoms with Gasteiger partial charge in [-0.05, 0) is 12.1 Å². The number of hydrogen-bond acceptors (Lipinski definition) is 4. The predicted molar refractivity (Wildman–Crippen MR) is 53.0 cm³/mol. The summed E-state index contributed by atoms with van der Waals surface area (Å²) < 4.78 is 29.1. The number of rotatable bonds is 4. The highest BCUT2D eigenvalue weighted by Crippen LogP contribution is 2.14. The van der Waals surface area contributed by atoms with Crippen molar-refractivity contribution >= 4 is 15.8 Å². The molecule has 0 aliphatic rings. The zero-order chi connectivity index (χ0) is 10.6. The molecule has 0 aliphatic carbocycles. The third-order valence-corrected chi connectivity index (χ3v) is 2.26. The van der Waals surface area contributed by atoms with E-state index < -0.39 is 10.1 Å². The standard InChI is InChI=1S/C8H11NO4S/c10-8-3-1-2-7(6-8)9-4-5-14(11,12)13/h1-3,6,9-10H,4-5H2,(H,11,12,13). The Balaban J connectivity index is 2.47. The van der Waals surface area contributed by atoms with Gasteiger partial charge in [-0.3, -0.25) is 4.55 Å². The highest BCUT2D eigenvalue weighted by Gasteiger charge is 2.03. The summed E-state index contributed by atoms with van der Waals surface area (Å²) in [5, 5.41) is 11.8. The second kappa shape index (κ2) is 4.30. The molecule has 0 atom stereocenters. The molecule has 0 saturated heterocycles. The minimum atomic E-state index is -3.93. The van der Waals surface area contributed by atoms with E-state index in [1.165, 1.54) is 12.1 Å². The summed E-state index contributed by atoms with van der Waals surface area (Å²) in [6, 6.07) is 6.28. The molecule has 0 heterocycles. The van der Waals surface area contributed by atoms with E-state index in [4.69, 9.17) is 9.66 Å². The van der Waals surface area contributed by atoms with Crippen LogP contribution in [0.2, 0.25) is 0 Å². The Morgan fingerprint density at radius 2 is 2.07 bits per heavy atom. The Morgan fingerprint density at radius 1 is 1.36 bits per heavy atom. The van der Waals surface area contributed by atoms with Crippen molar-refractivity contribution in [2.24, 2.45) is 0 Å². The third kappa shape index (κ3) is 4.11. The molecule has 14 heavy (non-hydrogen) atoms. The van der Waals surface area contributed by atoms with Crippen LogP contribution >= 0.6 is 0 Å². The van der Waals surface area contributed by atoms with Crippen LogP contribution < -0.4 is 5.32 Å². The van der Waals surface area contributed by atoms with Crippen LogP contribution in [0, 0.1) is 0 Å². The van der Waals surface area contributed by atoms with Crippen LogP contribution in [0.4, 0.5) is 5.69 Å². The maximum absolute atomic E-state index is 10.4. The first-order valence-corrected chi connectivity index (χ1v) is 5.56. The van der Waals surface area contributed by atoms with Crippen molar-refractivity contribution in [1.29, 1.82) is 0 Å². The van der Waals surface area contributed by atoms with Gasteiger partial charge in [0.2, 0.25) is 0 Å². The smallest absolute Gasteiger partial charge is 0.266 e. The summed E-state index contributed by atoms with van der Waals surface area (Å²) in [5.74, 6) is -0.260. The van der Waals surface area contributed by atoms with Crippen LogP contribution in [0.15, 0.2) is 24.3 Å². The topological polar surface area (TPSA) is 86.6 Å². The second-order valence-corrected chi connectivity index (χ2v) is 4.34. The molecule has 0 saturated carbocycles. The Morgan fingerprint density at radius 3 is 2.64 bits per heavy atom. The maximum Gasteiger partial charge on any atom is 0.266 e. The average molecular weight is 217 g/mol. The normalized spacial score (nSPS) is 11.2. The molecule has 0 spiro atoms. The second-order valence-electron chi connectivity index (χ2n) is 2.76. The molecule has 6 heteroatoms. The van der Waals surface area contributed by atoms with Gasteiger partial charge in [-0.2, -0.15) is 8.42 Å². The number of nitrogens with one attached hydrogen (secondary N) is 1. The number of phenols is 1. The zero-order valence-electron chi connectivity index (χ0n) is 7.34. The van der Waals surface area contributed by atoms with E-state index in [2.05, 4.69) is 5.32 Å². The molecule has 78 valence electrons. The van der Waals surface area contributed by atoms with E-state index in [-0.39, 0.29) is 18.0 Å². The summed E-state index contributed by atoms with van der Waals surface area (Å²) in [4.78, 5) is 0. The molecule has 0 radical (unpaired) electrons. The predicted octanol–water partition coefficient (Wildman–Crippen LogP) is 0.692. The number of anilines is 1.